The number of carbonyl (C=O) groups excluding carboxylic acids is 1. The van der Waals surface area contributed by atoms with Crippen molar-refractivity contribution in [2.45, 2.75) is 18.9 Å². The molecule has 3 heterocycles. The minimum atomic E-state index is -0.594. The number of primary amides is 1. The average molecular weight is 334 g/mol. The second-order valence-corrected chi connectivity index (χ2v) is 5.66. The van der Waals surface area contributed by atoms with Gasteiger partial charge in [0.25, 0.3) is 5.91 Å². The third kappa shape index (κ3) is 3.65. The summed E-state index contributed by atoms with van der Waals surface area (Å²) in [4.78, 5) is 22.2. The number of nitrogens with one attached hydrogen (secondary N) is 1. The van der Waals surface area contributed by atoms with Gasteiger partial charge >= 0.3 is 0 Å². The van der Waals surface area contributed by atoms with Crippen molar-refractivity contribution in [2.75, 3.05) is 23.3 Å². The summed E-state index contributed by atoms with van der Waals surface area (Å²) in [5.41, 5.74) is 5.61. The monoisotopic (exact) mass is 333 g/mol. The smallest absolute Gasteiger partial charge is 0.252 e. The van der Waals surface area contributed by atoms with Crippen LogP contribution >= 0.6 is 11.6 Å². The Bertz CT molecular complexity index is 697. The van der Waals surface area contributed by atoms with E-state index in [4.69, 9.17) is 17.3 Å². The molecular weight excluding hydrogens is 318 g/mol. The molecule has 1 saturated heterocycles. The SMILES string of the molecule is NC(=O)c1cc(Cl)nnc1N[C@H]1CCCN(c2ncccn2)C1. The Morgan fingerprint density at radius 2 is 2.13 bits per heavy atom. The summed E-state index contributed by atoms with van der Waals surface area (Å²) in [5.74, 6) is 0.447. The van der Waals surface area contributed by atoms with Crippen molar-refractivity contribution in [3.05, 3.63) is 35.2 Å². The summed E-state index contributed by atoms with van der Waals surface area (Å²) in [6.45, 7) is 1.59. The maximum Gasteiger partial charge on any atom is 0.252 e. The number of carbonyl (C=O) groups is 1. The molecule has 8 nitrogen and oxygen atoms in total. The molecule has 0 radical (unpaired) electrons. The number of hydrogen-bond acceptors (Lipinski definition) is 7. The first-order valence-electron chi connectivity index (χ1n) is 7.25. The van der Waals surface area contributed by atoms with E-state index in [0.29, 0.717) is 18.3 Å². The van der Waals surface area contributed by atoms with Crippen LogP contribution in [0.4, 0.5) is 11.8 Å². The topological polar surface area (TPSA) is 110 Å². The van der Waals surface area contributed by atoms with Crippen molar-refractivity contribution in [3.8, 4) is 0 Å². The second-order valence-electron chi connectivity index (χ2n) is 5.27. The van der Waals surface area contributed by atoms with Crippen LogP contribution in [0.25, 0.3) is 0 Å². The highest BCUT2D eigenvalue weighted by Gasteiger charge is 2.23. The molecule has 2 aromatic heterocycles. The standard InChI is InChI=1S/C14H16ClN7O/c15-11-7-10(12(16)23)13(21-20-11)19-9-3-1-6-22(8-9)14-17-4-2-5-18-14/h2,4-5,7,9H,1,3,6,8H2,(H2,16,23)(H,19,21)/t9-/m0/s1. The van der Waals surface area contributed by atoms with Gasteiger partial charge in [-0.25, -0.2) is 9.97 Å². The molecule has 23 heavy (non-hydrogen) atoms. The molecule has 1 amide bonds. The maximum atomic E-state index is 11.5. The molecule has 0 unspecified atom stereocenters. The molecule has 0 aromatic carbocycles. The first kappa shape index (κ1) is 15.4. The Morgan fingerprint density at radius 3 is 2.87 bits per heavy atom. The van der Waals surface area contributed by atoms with Crippen LogP contribution < -0.4 is 16.0 Å². The number of halogens is 1. The van der Waals surface area contributed by atoms with Crippen molar-refractivity contribution in [3.63, 3.8) is 0 Å². The first-order chi connectivity index (χ1) is 11.1. The molecule has 3 N–H and O–H groups in total. The summed E-state index contributed by atoms with van der Waals surface area (Å²) in [6, 6.07) is 3.28. The Labute approximate surface area is 138 Å². The fraction of sp³-hybridized carbons (Fsp3) is 0.357. The normalized spacial score (nSPS) is 17.8. The van der Waals surface area contributed by atoms with Gasteiger partial charge in [-0.15, -0.1) is 10.2 Å². The Kier molecular flexibility index (Phi) is 4.52. The predicted molar refractivity (Wildman–Crippen MR) is 86.4 cm³/mol. The van der Waals surface area contributed by atoms with Crippen LogP contribution in [0, 0.1) is 0 Å². The number of amides is 1. The lowest BCUT2D eigenvalue weighted by Gasteiger charge is -2.33. The summed E-state index contributed by atoms with van der Waals surface area (Å²) in [6.07, 6.45) is 5.35. The van der Waals surface area contributed by atoms with Crippen LogP contribution in [-0.2, 0) is 0 Å². The quantitative estimate of drug-likeness (QED) is 0.862. The average Bonchev–Trinajstić information content (AvgIpc) is 2.57. The molecule has 1 atom stereocenters. The summed E-state index contributed by atoms with van der Waals surface area (Å²) >= 11 is 5.77. The van der Waals surface area contributed by atoms with Crippen LogP contribution in [0.2, 0.25) is 5.15 Å². The molecule has 0 spiro atoms. The van der Waals surface area contributed by atoms with E-state index in [1.807, 2.05) is 0 Å². The zero-order valence-corrected chi connectivity index (χ0v) is 13.1. The minimum absolute atomic E-state index is 0.0844. The van der Waals surface area contributed by atoms with Crippen molar-refractivity contribution < 1.29 is 4.79 Å². The van der Waals surface area contributed by atoms with E-state index in [-0.39, 0.29) is 16.8 Å². The van der Waals surface area contributed by atoms with E-state index in [2.05, 4.69) is 30.4 Å². The van der Waals surface area contributed by atoms with Gasteiger partial charge in [-0.1, -0.05) is 11.6 Å². The van der Waals surface area contributed by atoms with Crippen LogP contribution in [0.3, 0.4) is 0 Å². The van der Waals surface area contributed by atoms with E-state index < -0.39 is 5.91 Å². The van der Waals surface area contributed by atoms with Gasteiger partial charge in [-0.3, -0.25) is 4.79 Å². The summed E-state index contributed by atoms with van der Waals surface area (Å²) in [7, 11) is 0. The van der Waals surface area contributed by atoms with E-state index in [1.54, 1.807) is 18.5 Å². The zero-order chi connectivity index (χ0) is 16.2. The predicted octanol–water partition coefficient (Wildman–Crippen LogP) is 1.10. The third-order valence-electron chi connectivity index (χ3n) is 3.63. The fourth-order valence-electron chi connectivity index (χ4n) is 2.59. The summed E-state index contributed by atoms with van der Waals surface area (Å²) in [5, 5.41) is 11.1. The van der Waals surface area contributed by atoms with Crippen LogP contribution in [0.15, 0.2) is 24.5 Å². The van der Waals surface area contributed by atoms with Gasteiger partial charge in [0.15, 0.2) is 11.0 Å². The lowest BCUT2D eigenvalue weighted by Crippen LogP contribution is -2.43. The Hall–Kier alpha value is -2.48. The van der Waals surface area contributed by atoms with Gasteiger partial charge in [-0.2, -0.15) is 0 Å². The highest BCUT2D eigenvalue weighted by Crippen LogP contribution is 2.21. The molecule has 1 aliphatic rings. The number of anilines is 2. The summed E-state index contributed by atoms with van der Waals surface area (Å²) < 4.78 is 0. The van der Waals surface area contributed by atoms with Gasteiger partial charge in [0.1, 0.15) is 0 Å². The third-order valence-corrected chi connectivity index (χ3v) is 3.81. The number of nitrogens with two attached hydrogens (primary N) is 1. The van der Waals surface area contributed by atoms with Crippen molar-refractivity contribution in [1.29, 1.82) is 0 Å². The van der Waals surface area contributed by atoms with E-state index in [1.165, 1.54) is 6.07 Å². The lowest BCUT2D eigenvalue weighted by atomic mass is 10.1. The first-order valence-corrected chi connectivity index (χ1v) is 7.63. The molecule has 120 valence electrons. The highest BCUT2D eigenvalue weighted by molar-refractivity contribution is 6.29. The van der Waals surface area contributed by atoms with E-state index >= 15 is 0 Å². The molecule has 1 fully saturated rings. The van der Waals surface area contributed by atoms with E-state index in [0.717, 1.165) is 19.4 Å². The molecule has 0 bridgehead atoms. The van der Waals surface area contributed by atoms with Crippen molar-refractivity contribution >= 4 is 29.3 Å². The molecule has 3 rings (SSSR count). The molecule has 1 aliphatic heterocycles. The van der Waals surface area contributed by atoms with Crippen LogP contribution in [0.1, 0.15) is 23.2 Å². The zero-order valence-electron chi connectivity index (χ0n) is 12.3. The van der Waals surface area contributed by atoms with E-state index in [9.17, 15) is 4.79 Å². The fourth-order valence-corrected chi connectivity index (χ4v) is 2.73. The molecule has 0 saturated carbocycles. The minimum Gasteiger partial charge on any atom is -0.365 e. The number of nitrogens with zero attached hydrogens (tertiary/aromatic N) is 5. The number of rotatable bonds is 4. The van der Waals surface area contributed by atoms with Crippen molar-refractivity contribution in [1.82, 2.24) is 20.2 Å². The van der Waals surface area contributed by atoms with Gasteiger partial charge in [0.05, 0.1) is 5.56 Å². The van der Waals surface area contributed by atoms with Crippen LogP contribution in [-0.4, -0.2) is 45.2 Å². The Morgan fingerprint density at radius 1 is 1.35 bits per heavy atom. The van der Waals surface area contributed by atoms with Crippen LogP contribution in [0.5, 0.6) is 0 Å². The van der Waals surface area contributed by atoms with Gasteiger partial charge in [0.2, 0.25) is 5.95 Å². The Balaban J connectivity index is 1.74. The molecular formula is C14H16ClN7O. The molecule has 9 heteroatoms. The second kappa shape index (κ2) is 6.74. The lowest BCUT2D eigenvalue weighted by molar-refractivity contribution is 0.100. The number of piperidine rings is 1. The molecule has 0 aliphatic carbocycles. The highest BCUT2D eigenvalue weighted by atomic mass is 35.5. The maximum absolute atomic E-state index is 11.5. The molecule has 2 aromatic rings. The van der Waals surface area contributed by atoms with Gasteiger partial charge in [0, 0.05) is 31.5 Å². The number of hydrogen-bond donors (Lipinski definition) is 2. The number of aromatic nitrogens is 4. The largest absolute Gasteiger partial charge is 0.365 e. The van der Waals surface area contributed by atoms with Gasteiger partial charge < -0.3 is 16.0 Å². The van der Waals surface area contributed by atoms with Crippen molar-refractivity contribution in [2.24, 2.45) is 5.73 Å². The van der Waals surface area contributed by atoms with Gasteiger partial charge in [-0.05, 0) is 25.0 Å².